The van der Waals surface area contributed by atoms with Crippen LogP contribution in [0.1, 0.15) is 11.1 Å². The molecule has 1 aromatic carbocycles. The van der Waals surface area contributed by atoms with E-state index in [1.165, 1.54) is 0 Å². The number of aromatic nitrogens is 1. The van der Waals surface area contributed by atoms with Crippen LogP contribution in [0.25, 0.3) is 0 Å². The van der Waals surface area contributed by atoms with E-state index in [1.54, 1.807) is 24.3 Å². The van der Waals surface area contributed by atoms with Gasteiger partial charge in [-0.15, -0.1) is 0 Å². The molecular weight excluding hydrogens is 321 g/mol. The van der Waals surface area contributed by atoms with Gasteiger partial charge < -0.3 is 4.74 Å². The van der Waals surface area contributed by atoms with Crippen LogP contribution in [0.4, 0.5) is 23.7 Å². The van der Waals surface area contributed by atoms with E-state index in [-0.39, 0.29) is 12.3 Å². The molecule has 1 heterocycles. The fourth-order valence-corrected chi connectivity index (χ4v) is 1.80. The smallest absolute Gasteiger partial charge is 0.419 e. The number of nitrogens with zero attached hydrogens (tertiary/aromatic N) is 1. The molecule has 0 aliphatic heterocycles. The summed E-state index contributed by atoms with van der Waals surface area (Å²) < 4.78 is 42.9. The first kappa shape index (κ1) is 16.1. The summed E-state index contributed by atoms with van der Waals surface area (Å²) in [5.41, 5.74) is -0.535. The van der Waals surface area contributed by atoms with E-state index in [4.69, 9.17) is 16.3 Å². The second-order valence-electron chi connectivity index (χ2n) is 4.25. The number of benzene rings is 1. The summed E-state index contributed by atoms with van der Waals surface area (Å²) in [4.78, 5) is 14.9. The normalized spacial score (nSPS) is 11.1. The van der Waals surface area contributed by atoms with Gasteiger partial charge in [0.15, 0.2) is 0 Å². The Morgan fingerprint density at radius 1 is 1.27 bits per heavy atom. The second-order valence-corrected chi connectivity index (χ2v) is 4.60. The van der Waals surface area contributed by atoms with Crippen LogP contribution in [0, 0.1) is 0 Å². The lowest BCUT2D eigenvalue weighted by Crippen LogP contribution is -2.15. The van der Waals surface area contributed by atoms with Gasteiger partial charge >= 0.3 is 12.3 Å². The molecule has 0 fully saturated rings. The number of nitrogens with one attached hydrogen (secondary N) is 1. The molecule has 2 aromatic rings. The van der Waals surface area contributed by atoms with Gasteiger partial charge in [0.25, 0.3) is 0 Å². The highest BCUT2D eigenvalue weighted by Gasteiger charge is 2.34. The third kappa shape index (κ3) is 4.36. The van der Waals surface area contributed by atoms with Crippen molar-refractivity contribution in [1.29, 1.82) is 0 Å². The first-order chi connectivity index (χ1) is 10.4. The average molecular weight is 331 g/mol. The maximum Gasteiger partial charge on any atom is 0.419 e. The van der Waals surface area contributed by atoms with E-state index in [9.17, 15) is 18.0 Å². The molecule has 22 heavy (non-hydrogen) atoms. The van der Waals surface area contributed by atoms with E-state index in [1.807, 2.05) is 6.07 Å². The SMILES string of the molecule is O=C(Nc1cnc(Cl)c(C(F)(F)F)c1)OCc1ccccc1. The quantitative estimate of drug-likeness (QED) is 0.843. The highest BCUT2D eigenvalue weighted by molar-refractivity contribution is 6.30. The van der Waals surface area contributed by atoms with Gasteiger partial charge in [0, 0.05) is 0 Å². The molecule has 0 aliphatic rings. The standard InChI is InChI=1S/C14H10ClF3N2O2/c15-12-11(14(16,17)18)6-10(7-19-12)20-13(21)22-8-9-4-2-1-3-5-9/h1-7H,8H2,(H,20,21). The molecule has 4 nitrogen and oxygen atoms in total. The molecule has 2 rings (SSSR count). The molecular formula is C14H10ClF3N2O2. The van der Waals surface area contributed by atoms with Crippen LogP contribution in [-0.2, 0) is 17.5 Å². The van der Waals surface area contributed by atoms with E-state index in [0.29, 0.717) is 6.07 Å². The molecule has 0 atom stereocenters. The molecule has 0 saturated carbocycles. The maximum absolute atomic E-state index is 12.7. The van der Waals surface area contributed by atoms with Crippen molar-refractivity contribution in [3.05, 3.63) is 58.9 Å². The second kappa shape index (κ2) is 6.65. The molecule has 1 aromatic heterocycles. The number of alkyl halides is 3. The van der Waals surface area contributed by atoms with E-state index in [0.717, 1.165) is 11.8 Å². The lowest BCUT2D eigenvalue weighted by atomic mass is 10.2. The summed E-state index contributed by atoms with van der Waals surface area (Å²) in [7, 11) is 0. The first-order valence-corrected chi connectivity index (χ1v) is 6.44. The number of ether oxygens (including phenoxy) is 1. The van der Waals surface area contributed by atoms with Crippen molar-refractivity contribution in [2.75, 3.05) is 5.32 Å². The number of carbonyl (C=O) groups is 1. The number of hydrogen-bond donors (Lipinski definition) is 1. The predicted molar refractivity (Wildman–Crippen MR) is 74.5 cm³/mol. The molecule has 0 radical (unpaired) electrons. The highest BCUT2D eigenvalue weighted by atomic mass is 35.5. The van der Waals surface area contributed by atoms with Crippen LogP contribution in [0.15, 0.2) is 42.6 Å². The van der Waals surface area contributed by atoms with Gasteiger partial charge in [-0.2, -0.15) is 13.2 Å². The Hall–Kier alpha value is -2.28. The fraction of sp³-hybridized carbons (Fsp3) is 0.143. The summed E-state index contributed by atoms with van der Waals surface area (Å²) in [6, 6.07) is 9.54. The fourth-order valence-electron chi connectivity index (χ4n) is 1.59. The molecule has 0 spiro atoms. The average Bonchev–Trinajstić information content (AvgIpc) is 2.47. The molecule has 1 N–H and O–H groups in total. The Morgan fingerprint density at radius 2 is 1.95 bits per heavy atom. The number of halogens is 4. The third-order valence-electron chi connectivity index (χ3n) is 2.60. The Balaban J connectivity index is 2.00. The minimum atomic E-state index is -4.66. The number of carbonyl (C=O) groups excluding carboxylic acids is 1. The van der Waals surface area contributed by atoms with Crippen molar-refractivity contribution in [2.24, 2.45) is 0 Å². The number of anilines is 1. The third-order valence-corrected chi connectivity index (χ3v) is 2.90. The summed E-state index contributed by atoms with van der Waals surface area (Å²) in [6.07, 6.45) is -4.53. The van der Waals surface area contributed by atoms with Gasteiger partial charge in [0.05, 0.1) is 17.4 Å². The monoisotopic (exact) mass is 330 g/mol. The predicted octanol–water partition coefficient (Wildman–Crippen LogP) is 4.50. The van der Waals surface area contributed by atoms with Crippen LogP contribution in [0.2, 0.25) is 5.15 Å². The van der Waals surface area contributed by atoms with Gasteiger partial charge in [0.1, 0.15) is 11.8 Å². The number of pyridine rings is 1. The molecule has 0 saturated heterocycles. The van der Waals surface area contributed by atoms with Crippen molar-refractivity contribution < 1.29 is 22.7 Å². The number of amides is 1. The van der Waals surface area contributed by atoms with Crippen LogP contribution >= 0.6 is 11.6 Å². The summed E-state index contributed by atoms with van der Waals surface area (Å²) in [5.74, 6) is 0. The Kier molecular flexibility index (Phi) is 4.87. The number of hydrogen-bond acceptors (Lipinski definition) is 3. The lowest BCUT2D eigenvalue weighted by molar-refractivity contribution is -0.137. The Bertz CT molecular complexity index is 663. The van der Waals surface area contributed by atoms with Crippen LogP contribution in [-0.4, -0.2) is 11.1 Å². The molecule has 0 unspecified atom stereocenters. The minimum Gasteiger partial charge on any atom is -0.444 e. The van der Waals surface area contributed by atoms with Gasteiger partial charge in [-0.1, -0.05) is 41.9 Å². The van der Waals surface area contributed by atoms with E-state index < -0.39 is 23.0 Å². The lowest BCUT2D eigenvalue weighted by Gasteiger charge is -2.11. The van der Waals surface area contributed by atoms with Crippen molar-refractivity contribution in [3.8, 4) is 0 Å². The Morgan fingerprint density at radius 3 is 2.59 bits per heavy atom. The molecule has 8 heteroatoms. The zero-order chi connectivity index (χ0) is 16.2. The van der Waals surface area contributed by atoms with Crippen LogP contribution in [0.5, 0.6) is 0 Å². The molecule has 0 aliphatic carbocycles. The zero-order valence-electron chi connectivity index (χ0n) is 11.0. The summed E-state index contributed by atoms with van der Waals surface area (Å²) >= 11 is 5.38. The van der Waals surface area contributed by atoms with E-state index >= 15 is 0 Å². The van der Waals surface area contributed by atoms with Crippen molar-refractivity contribution >= 4 is 23.4 Å². The van der Waals surface area contributed by atoms with Gasteiger partial charge in [-0.25, -0.2) is 9.78 Å². The van der Waals surface area contributed by atoms with Crippen LogP contribution < -0.4 is 5.32 Å². The largest absolute Gasteiger partial charge is 0.444 e. The number of rotatable bonds is 3. The highest BCUT2D eigenvalue weighted by Crippen LogP contribution is 2.34. The summed E-state index contributed by atoms with van der Waals surface area (Å²) in [6.45, 7) is -0.000179. The maximum atomic E-state index is 12.7. The topological polar surface area (TPSA) is 51.2 Å². The van der Waals surface area contributed by atoms with Gasteiger partial charge in [0.2, 0.25) is 0 Å². The zero-order valence-corrected chi connectivity index (χ0v) is 11.8. The van der Waals surface area contributed by atoms with E-state index in [2.05, 4.69) is 10.3 Å². The molecule has 116 valence electrons. The first-order valence-electron chi connectivity index (χ1n) is 6.06. The van der Waals surface area contributed by atoms with Crippen molar-refractivity contribution in [3.63, 3.8) is 0 Å². The van der Waals surface area contributed by atoms with Crippen molar-refractivity contribution in [2.45, 2.75) is 12.8 Å². The minimum absolute atomic E-state index is 0.000179. The van der Waals surface area contributed by atoms with Crippen molar-refractivity contribution in [1.82, 2.24) is 4.98 Å². The van der Waals surface area contributed by atoms with Gasteiger partial charge in [-0.3, -0.25) is 5.32 Å². The molecule has 0 bridgehead atoms. The van der Waals surface area contributed by atoms with Crippen LogP contribution in [0.3, 0.4) is 0 Å². The van der Waals surface area contributed by atoms with Gasteiger partial charge in [-0.05, 0) is 11.6 Å². The Labute approximate surface area is 128 Å². The molecule has 1 amide bonds. The summed E-state index contributed by atoms with van der Waals surface area (Å²) in [5, 5.41) is 1.49.